The number of rotatable bonds is 4. The Bertz CT molecular complexity index is 2970. The molecular formula is C54H34O. The lowest BCUT2D eigenvalue weighted by Gasteiger charge is -2.48. The van der Waals surface area contributed by atoms with Crippen molar-refractivity contribution in [3.8, 4) is 56.0 Å². The van der Waals surface area contributed by atoms with Crippen LogP contribution in [0.5, 0.6) is 0 Å². The van der Waals surface area contributed by atoms with Crippen LogP contribution in [0, 0.1) is 0 Å². The zero-order valence-corrected chi connectivity index (χ0v) is 30.0. The molecule has 2 atom stereocenters. The van der Waals surface area contributed by atoms with Crippen LogP contribution in [0.4, 0.5) is 0 Å². The van der Waals surface area contributed by atoms with Gasteiger partial charge in [0.15, 0.2) is 0 Å². The van der Waals surface area contributed by atoms with E-state index in [0.29, 0.717) is 0 Å². The second-order valence-corrected chi connectivity index (χ2v) is 15.1. The minimum absolute atomic E-state index is 0.441. The highest BCUT2D eigenvalue weighted by Gasteiger charge is 2.59. The number of fused-ring (bicyclic) bond motifs is 12. The molecule has 0 N–H and O–H groups in total. The van der Waals surface area contributed by atoms with Crippen LogP contribution in [0.2, 0.25) is 0 Å². The Labute approximate surface area is 320 Å². The first-order valence-corrected chi connectivity index (χ1v) is 19.2. The molecule has 55 heavy (non-hydrogen) atoms. The third kappa shape index (κ3) is 3.87. The Kier molecular flexibility index (Phi) is 6.25. The molecule has 0 fully saturated rings. The summed E-state index contributed by atoms with van der Waals surface area (Å²) >= 11 is 0. The van der Waals surface area contributed by atoms with E-state index in [4.69, 9.17) is 4.42 Å². The van der Waals surface area contributed by atoms with Crippen LogP contribution in [0.15, 0.2) is 211 Å². The van der Waals surface area contributed by atoms with E-state index in [1.54, 1.807) is 0 Å². The molecule has 1 nitrogen and oxygen atoms in total. The number of hydrogen-bond acceptors (Lipinski definition) is 1. The Balaban J connectivity index is 1.11. The minimum Gasteiger partial charge on any atom is -0.456 e. The van der Waals surface area contributed by atoms with Gasteiger partial charge in [0.05, 0.1) is 10.8 Å². The highest BCUT2D eigenvalue weighted by Crippen LogP contribution is 2.69. The molecule has 1 aromatic heterocycles. The number of benzene rings is 8. The van der Waals surface area contributed by atoms with Gasteiger partial charge >= 0.3 is 0 Å². The van der Waals surface area contributed by atoms with Gasteiger partial charge in [-0.15, -0.1) is 0 Å². The molecule has 0 aliphatic heterocycles. The van der Waals surface area contributed by atoms with Crippen molar-refractivity contribution in [2.75, 3.05) is 0 Å². The molecule has 0 bridgehead atoms. The van der Waals surface area contributed by atoms with Crippen molar-refractivity contribution in [1.82, 2.24) is 0 Å². The van der Waals surface area contributed by atoms with Crippen molar-refractivity contribution in [2.45, 2.75) is 10.8 Å². The molecule has 3 aliphatic carbocycles. The van der Waals surface area contributed by atoms with E-state index in [1.807, 2.05) is 18.2 Å². The smallest absolute Gasteiger partial charge is 0.134 e. The molecule has 1 spiro atoms. The fourth-order valence-corrected chi connectivity index (χ4v) is 10.6. The molecule has 8 aromatic carbocycles. The third-order valence-corrected chi connectivity index (χ3v) is 12.6. The van der Waals surface area contributed by atoms with Crippen LogP contribution in [0.1, 0.15) is 44.5 Å². The van der Waals surface area contributed by atoms with E-state index in [2.05, 4.69) is 188 Å². The highest BCUT2D eigenvalue weighted by molar-refractivity contribution is 5.99. The average molecular weight is 699 g/mol. The van der Waals surface area contributed by atoms with Crippen LogP contribution < -0.4 is 0 Å². The Hall–Kier alpha value is -6.96. The molecule has 2 unspecified atom stereocenters. The lowest BCUT2D eigenvalue weighted by atomic mass is 9.52. The highest BCUT2D eigenvalue weighted by atomic mass is 16.3. The van der Waals surface area contributed by atoms with Gasteiger partial charge in [-0.05, 0) is 90.0 Å². The molecule has 9 aromatic rings. The predicted octanol–water partition coefficient (Wildman–Crippen LogP) is 13.3. The lowest BCUT2D eigenvalue weighted by molar-refractivity contribution is 0.597. The molecule has 0 saturated heterocycles. The van der Waals surface area contributed by atoms with Gasteiger partial charge in [-0.25, -0.2) is 0 Å². The zero-order chi connectivity index (χ0) is 36.1. The summed E-state index contributed by atoms with van der Waals surface area (Å²) in [6.07, 6.45) is 0. The fourth-order valence-electron chi connectivity index (χ4n) is 10.6. The quantitative estimate of drug-likeness (QED) is 0.178. The first kappa shape index (κ1) is 30.5. The van der Waals surface area contributed by atoms with Crippen molar-refractivity contribution in [3.63, 3.8) is 0 Å². The fraction of sp³-hybridized carbons (Fsp3) is 0.0370. The van der Waals surface area contributed by atoms with Gasteiger partial charge in [-0.1, -0.05) is 194 Å². The maximum Gasteiger partial charge on any atom is 0.134 e. The van der Waals surface area contributed by atoms with Crippen LogP contribution >= 0.6 is 0 Å². The summed E-state index contributed by atoms with van der Waals surface area (Å²) in [7, 11) is 0. The molecule has 12 rings (SSSR count). The minimum atomic E-state index is -0.508. The molecule has 1 heteroatoms. The summed E-state index contributed by atoms with van der Waals surface area (Å²) in [5, 5.41) is 0. The maximum absolute atomic E-state index is 6.35. The van der Waals surface area contributed by atoms with Crippen LogP contribution in [-0.4, -0.2) is 0 Å². The van der Waals surface area contributed by atoms with Gasteiger partial charge in [0.1, 0.15) is 11.5 Å². The lowest BCUT2D eigenvalue weighted by Crippen LogP contribution is -2.43. The number of hydrogen-bond donors (Lipinski definition) is 0. The van der Waals surface area contributed by atoms with E-state index < -0.39 is 10.8 Å². The van der Waals surface area contributed by atoms with Gasteiger partial charge in [-0.3, -0.25) is 0 Å². The largest absolute Gasteiger partial charge is 0.456 e. The summed E-state index contributed by atoms with van der Waals surface area (Å²) in [6.45, 7) is 0. The summed E-state index contributed by atoms with van der Waals surface area (Å²) in [6, 6.07) is 76.2. The molecule has 3 aliphatic rings. The number of furan rings is 1. The molecule has 0 saturated carbocycles. The monoisotopic (exact) mass is 698 g/mol. The third-order valence-electron chi connectivity index (χ3n) is 12.6. The van der Waals surface area contributed by atoms with Crippen molar-refractivity contribution in [2.24, 2.45) is 0 Å². The Morgan fingerprint density at radius 2 is 0.745 bits per heavy atom. The van der Waals surface area contributed by atoms with Crippen LogP contribution in [0.3, 0.4) is 0 Å². The van der Waals surface area contributed by atoms with Crippen LogP contribution in [0.25, 0.3) is 56.0 Å². The van der Waals surface area contributed by atoms with Gasteiger partial charge < -0.3 is 4.42 Å². The van der Waals surface area contributed by atoms with Crippen molar-refractivity contribution >= 4 is 0 Å². The summed E-state index contributed by atoms with van der Waals surface area (Å²) in [4.78, 5) is 0. The second kappa shape index (κ2) is 11.3. The van der Waals surface area contributed by atoms with E-state index in [0.717, 1.165) is 22.6 Å². The van der Waals surface area contributed by atoms with Gasteiger partial charge in [0, 0.05) is 11.1 Å². The first-order chi connectivity index (χ1) is 27.3. The molecule has 0 radical (unpaired) electrons. The van der Waals surface area contributed by atoms with E-state index in [1.165, 1.54) is 77.9 Å². The zero-order valence-electron chi connectivity index (χ0n) is 30.0. The topological polar surface area (TPSA) is 13.1 Å². The van der Waals surface area contributed by atoms with Crippen molar-refractivity contribution < 1.29 is 4.42 Å². The van der Waals surface area contributed by atoms with E-state index in [-0.39, 0.29) is 0 Å². The first-order valence-electron chi connectivity index (χ1n) is 19.2. The SMILES string of the molecule is c1ccc(-c2ccc(-c3ccc(-c4cccc5c4-c4ccccc4C54c5ccccc5C5(c6ccccc6)c6ccccc6-c6cccc4c65)cc3)o2)cc1. The molecule has 256 valence electrons. The molecule has 0 amide bonds. The van der Waals surface area contributed by atoms with Crippen LogP contribution in [-0.2, 0) is 10.8 Å². The van der Waals surface area contributed by atoms with Crippen molar-refractivity contribution in [3.05, 3.63) is 251 Å². The molecule has 1 heterocycles. The Morgan fingerprint density at radius 3 is 1.45 bits per heavy atom. The summed E-state index contributed by atoms with van der Waals surface area (Å²) < 4.78 is 6.35. The van der Waals surface area contributed by atoms with E-state index >= 15 is 0 Å². The van der Waals surface area contributed by atoms with Gasteiger partial charge in [0.2, 0.25) is 0 Å². The standard InChI is InChI=1S/C54H34O/c1-3-15-36(16-4-1)49-33-34-50(55-49)37-31-29-35(30-32-37)39-21-13-27-47-51(39)42-20-8-10-24-44(42)54(47)46-26-12-11-25-45(46)53(38-17-5-2-6-18-38)43-23-9-7-19-40(43)41-22-14-28-48(54)52(41)53/h1-34H. The van der Waals surface area contributed by atoms with E-state index in [9.17, 15) is 0 Å². The average Bonchev–Trinajstić information content (AvgIpc) is 3.96. The Morgan fingerprint density at radius 1 is 0.273 bits per heavy atom. The maximum atomic E-state index is 6.35. The summed E-state index contributed by atoms with van der Waals surface area (Å²) in [5.74, 6) is 1.75. The molecular weight excluding hydrogens is 665 g/mol. The predicted molar refractivity (Wildman–Crippen MR) is 223 cm³/mol. The van der Waals surface area contributed by atoms with Crippen molar-refractivity contribution in [1.29, 1.82) is 0 Å². The summed E-state index contributed by atoms with van der Waals surface area (Å²) in [5.41, 5.74) is 19.7. The second-order valence-electron chi connectivity index (χ2n) is 15.1. The van der Waals surface area contributed by atoms with Gasteiger partial charge in [0.25, 0.3) is 0 Å². The van der Waals surface area contributed by atoms with Gasteiger partial charge in [-0.2, -0.15) is 0 Å². The normalized spacial score (nSPS) is 18.0.